The molecular weight excluding hydrogens is 330 g/mol. The van der Waals surface area contributed by atoms with E-state index in [0.717, 1.165) is 10.0 Å². The van der Waals surface area contributed by atoms with E-state index >= 15 is 0 Å². The van der Waals surface area contributed by atoms with Gasteiger partial charge in [0.15, 0.2) is 0 Å². The fourth-order valence-electron chi connectivity index (χ4n) is 1.61. The summed E-state index contributed by atoms with van der Waals surface area (Å²) in [7, 11) is 0. The van der Waals surface area contributed by atoms with Gasteiger partial charge in [-0.3, -0.25) is 4.79 Å². The van der Waals surface area contributed by atoms with Crippen molar-refractivity contribution in [1.82, 2.24) is 0 Å². The number of benzene rings is 2. The zero-order chi connectivity index (χ0) is 14.0. The number of halogens is 2. The van der Waals surface area contributed by atoms with Gasteiger partial charge in [-0.15, -0.1) is 0 Å². The Morgan fingerprint density at radius 2 is 2.00 bits per heavy atom. The standard InChI is InChI=1S/C14H11BrClNO2/c1-8-2-4-11(15)13(6-8)17-14(19)10-7-9(18)3-5-12(10)16/h2-7,18H,1H3,(H,17,19). The fourth-order valence-corrected chi connectivity index (χ4v) is 2.16. The zero-order valence-electron chi connectivity index (χ0n) is 10.1. The number of amides is 1. The Morgan fingerprint density at radius 1 is 1.26 bits per heavy atom. The molecule has 98 valence electrons. The Labute approximate surface area is 124 Å². The minimum Gasteiger partial charge on any atom is -0.508 e. The summed E-state index contributed by atoms with van der Waals surface area (Å²) in [4.78, 5) is 12.1. The molecule has 0 aliphatic heterocycles. The van der Waals surface area contributed by atoms with Crippen molar-refractivity contribution in [2.75, 3.05) is 5.32 Å². The van der Waals surface area contributed by atoms with Crippen molar-refractivity contribution in [2.45, 2.75) is 6.92 Å². The van der Waals surface area contributed by atoms with Gasteiger partial charge in [-0.2, -0.15) is 0 Å². The number of phenols is 1. The SMILES string of the molecule is Cc1ccc(Br)c(NC(=O)c2cc(O)ccc2Cl)c1. The highest BCUT2D eigenvalue weighted by Crippen LogP contribution is 2.26. The van der Waals surface area contributed by atoms with E-state index in [-0.39, 0.29) is 17.2 Å². The Hall–Kier alpha value is -1.52. The van der Waals surface area contributed by atoms with E-state index < -0.39 is 0 Å². The van der Waals surface area contributed by atoms with Crippen LogP contribution in [-0.2, 0) is 0 Å². The largest absolute Gasteiger partial charge is 0.508 e. The monoisotopic (exact) mass is 339 g/mol. The molecule has 0 saturated carbocycles. The second kappa shape index (κ2) is 5.63. The van der Waals surface area contributed by atoms with Crippen LogP contribution in [0.3, 0.4) is 0 Å². The Kier molecular flexibility index (Phi) is 4.12. The predicted molar refractivity (Wildman–Crippen MR) is 79.9 cm³/mol. The van der Waals surface area contributed by atoms with Crippen LogP contribution in [0.15, 0.2) is 40.9 Å². The van der Waals surface area contributed by atoms with Crippen LogP contribution >= 0.6 is 27.5 Å². The van der Waals surface area contributed by atoms with E-state index in [1.807, 2.05) is 25.1 Å². The average molecular weight is 341 g/mol. The van der Waals surface area contributed by atoms with Gasteiger partial charge in [-0.25, -0.2) is 0 Å². The Bertz CT molecular complexity index is 643. The normalized spacial score (nSPS) is 10.3. The summed E-state index contributed by atoms with van der Waals surface area (Å²) < 4.78 is 0.780. The van der Waals surface area contributed by atoms with Crippen molar-refractivity contribution in [3.63, 3.8) is 0 Å². The highest BCUT2D eigenvalue weighted by atomic mass is 79.9. The quantitative estimate of drug-likeness (QED) is 0.853. The molecule has 2 rings (SSSR count). The van der Waals surface area contributed by atoms with Gasteiger partial charge < -0.3 is 10.4 Å². The Balaban J connectivity index is 2.30. The van der Waals surface area contributed by atoms with E-state index in [4.69, 9.17) is 11.6 Å². The highest BCUT2D eigenvalue weighted by Gasteiger charge is 2.13. The third kappa shape index (κ3) is 3.28. The molecule has 0 bridgehead atoms. The lowest BCUT2D eigenvalue weighted by molar-refractivity contribution is 0.102. The van der Waals surface area contributed by atoms with Gasteiger partial charge >= 0.3 is 0 Å². The van der Waals surface area contributed by atoms with Gasteiger partial charge in [0.05, 0.1) is 16.3 Å². The zero-order valence-corrected chi connectivity index (χ0v) is 12.4. The first kappa shape index (κ1) is 13.9. The summed E-state index contributed by atoms with van der Waals surface area (Å²) in [5.41, 5.74) is 1.92. The smallest absolute Gasteiger partial charge is 0.257 e. The van der Waals surface area contributed by atoms with E-state index in [2.05, 4.69) is 21.2 Å². The number of carbonyl (C=O) groups excluding carboxylic acids is 1. The summed E-state index contributed by atoms with van der Waals surface area (Å²) in [6.07, 6.45) is 0. The second-order valence-electron chi connectivity index (χ2n) is 4.10. The van der Waals surface area contributed by atoms with Crippen LogP contribution in [0.2, 0.25) is 5.02 Å². The van der Waals surface area contributed by atoms with Crippen molar-refractivity contribution >= 4 is 39.1 Å². The Morgan fingerprint density at radius 3 is 2.74 bits per heavy atom. The van der Waals surface area contributed by atoms with Gasteiger partial charge in [0, 0.05) is 4.47 Å². The summed E-state index contributed by atoms with van der Waals surface area (Å²) in [6.45, 7) is 1.93. The van der Waals surface area contributed by atoms with E-state index in [1.165, 1.54) is 18.2 Å². The molecule has 0 spiro atoms. The second-order valence-corrected chi connectivity index (χ2v) is 5.36. The number of phenolic OH excluding ortho intramolecular Hbond substituents is 1. The first-order chi connectivity index (χ1) is 8.97. The molecule has 0 aromatic heterocycles. The van der Waals surface area contributed by atoms with Gasteiger partial charge in [0.2, 0.25) is 0 Å². The molecule has 0 fully saturated rings. The highest BCUT2D eigenvalue weighted by molar-refractivity contribution is 9.10. The molecule has 0 aliphatic rings. The molecule has 0 saturated heterocycles. The van der Waals surface area contributed by atoms with Crippen LogP contribution in [0, 0.1) is 6.92 Å². The van der Waals surface area contributed by atoms with E-state index in [1.54, 1.807) is 0 Å². The molecule has 19 heavy (non-hydrogen) atoms. The lowest BCUT2D eigenvalue weighted by Crippen LogP contribution is -2.12. The maximum atomic E-state index is 12.1. The molecule has 3 nitrogen and oxygen atoms in total. The van der Waals surface area contributed by atoms with Gasteiger partial charge in [-0.05, 0) is 58.7 Å². The minimum absolute atomic E-state index is 0.00198. The molecule has 5 heteroatoms. The van der Waals surface area contributed by atoms with Crippen LogP contribution in [0.1, 0.15) is 15.9 Å². The number of nitrogens with one attached hydrogen (secondary N) is 1. The number of aromatic hydroxyl groups is 1. The number of hydrogen-bond acceptors (Lipinski definition) is 2. The minimum atomic E-state index is -0.368. The van der Waals surface area contributed by atoms with Gasteiger partial charge in [0.1, 0.15) is 5.75 Å². The number of hydrogen-bond donors (Lipinski definition) is 2. The van der Waals surface area contributed by atoms with E-state index in [0.29, 0.717) is 10.7 Å². The van der Waals surface area contributed by atoms with Crippen molar-refractivity contribution in [3.05, 3.63) is 57.0 Å². The molecule has 0 unspecified atom stereocenters. The van der Waals surface area contributed by atoms with Crippen molar-refractivity contribution in [1.29, 1.82) is 0 Å². The fraction of sp³-hybridized carbons (Fsp3) is 0.0714. The van der Waals surface area contributed by atoms with Crippen molar-refractivity contribution in [2.24, 2.45) is 0 Å². The molecule has 0 aliphatic carbocycles. The third-order valence-electron chi connectivity index (χ3n) is 2.56. The van der Waals surface area contributed by atoms with Crippen LogP contribution in [0.5, 0.6) is 5.75 Å². The summed E-state index contributed by atoms with van der Waals surface area (Å²) in [5, 5.41) is 12.4. The predicted octanol–water partition coefficient (Wildman–Crippen LogP) is 4.37. The summed E-state index contributed by atoms with van der Waals surface area (Å²) >= 11 is 9.31. The number of rotatable bonds is 2. The molecule has 2 aromatic carbocycles. The molecule has 2 N–H and O–H groups in total. The number of carbonyl (C=O) groups is 1. The van der Waals surface area contributed by atoms with Gasteiger partial charge in [0.25, 0.3) is 5.91 Å². The maximum Gasteiger partial charge on any atom is 0.257 e. The van der Waals surface area contributed by atoms with Crippen molar-refractivity contribution < 1.29 is 9.90 Å². The molecule has 0 atom stereocenters. The summed E-state index contributed by atoms with van der Waals surface area (Å²) in [5.74, 6) is -0.370. The average Bonchev–Trinajstić information content (AvgIpc) is 2.36. The molecule has 0 radical (unpaired) electrons. The van der Waals surface area contributed by atoms with Crippen LogP contribution in [0.4, 0.5) is 5.69 Å². The molecular formula is C14H11BrClNO2. The van der Waals surface area contributed by atoms with Crippen LogP contribution < -0.4 is 5.32 Å². The summed E-state index contributed by atoms with van der Waals surface area (Å²) in [6, 6.07) is 9.88. The number of aryl methyl sites for hydroxylation is 1. The van der Waals surface area contributed by atoms with Crippen LogP contribution in [-0.4, -0.2) is 11.0 Å². The lowest BCUT2D eigenvalue weighted by atomic mass is 10.1. The van der Waals surface area contributed by atoms with E-state index in [9.17, 15) is 9.90 Å². The first-order valence-electron chi connectivity index (χ1n) is 5.53. The van der Waals surface area contributed by atoms with Gasteiger partial charge in [-0.1, -0.05) is 17.7 Å². The van der Waals surface area contributed by atoms with Crippen molar-refractivity contribution in [3.8, 4) is 5.75 Å². The lowest BCUT2D eigenvalue weighted by Gasteiger charge is -2.09. The number of anilines is 1. The van der Waals surface area contributed by atoms with Crippen LogP contribution in [0.25, 0.3) is 0 Å². The molecule has 2 aromatic rings. The third-order valence-corrected chi connectivity index (χ3v) is 3.59. The maximum absolute atomic E-state index is 12.1. The molecule has 0 heterocycles. The topological polar surface area (TPSA) is 49.3 Å². The first-order valence-corrected chi connectivity index (χ1v) is 6.70. The molecule has 1 amide bonds.